The Labute approximate surface area is 118 Å². The molecule has 0 heterocycles. The highest BCUT2D eigenvalue weighted by Crippen LogP contribution is 2.29. The number of halogens is 1. The van der Waals surface area contributed by atoms with Gasteiger partial charge < -0.3 is 10.8 Å². The molecule has 3 N–H and O–H groups in total. The van der Waals surface area contributed by atoms with Crippen LogP contribution in [0.1, 0.15) is 42.6 Å². The number of hydrogen-bond acceptors (Lipinski definition) is 2. The molecular formula is C16H18ClNO. The van der Waals surface area contributed by atoms with Gasteiger partial charge in [-0.3, -0.25) is 0 Å². The number of anilines is 1. The summed E-state index contributed by atoms with van der Waals surface area (Å²) in [7, 11) is 0. The van der Waals surface area contributed by atoms with Crippen LogP contribution in [0.4, 0.5) is 5.69 Å². The minimum atomic E-state index is -0.724. The first kappa shape index (κ1) is 13.9. The van der Waals surface area contributed by atoms with Gasteiger partial charge >= 0.3 is 0 Å². The van der Waals surface area contributed by atoms with Crippen molar-refractivity contribution in [2.24, 2.45) is 0 Å². The van der Waals surface area contributed by atoms with Crippen molar-refractivity contribution in [1.82, 2.24) is 0 Å². The van der Waals surface area contributed by atoms with Crippen molar-refractivity contribution in [3.63, 3.8) is 0 Å². The maximum Gasteiger partial charge on any atom is 0.106 e. The molecule has 3 heteroatoms. The molecule has 19 heavy (non-hydrogen) atoms. The molecule has 2 rings (SSSR count). The quantitative estimate of drug-likeness (QED) is 0.828. The maximum atomic E-state index is 10.4. The predicted octanol–water partition coefficient (Wildman–Crippen LogP) is 4.13. The van der Waals surface area contributed by atoms with Crippen LogP contribution in [0.3, 0.4) is 0 Å². The molecule has 2 nitrogen and oxygen atoms in total. The van der Waals surface area contributed by atoms with Gasteiger partial charge in [-0.05, 0) is 29.2 Å². The van der Waals surface area contributed by atoms with Crippen LogP contribution < -0.4 is 5.73 Å². The zero-order valence-corrected chi connectivity index (χ0v) is 11.9. The average Bonchev–Trinajstić information content (AvgIpc) is 2.38. The van der Waals surface area contributed by atoms with Gasteiger partial charge in [0, 0.05) is 16.3 Å². The second-order valence-electron chi connectivity index (χ2n) is 5.00. The number of nitrogens with two attached hydrogens (primary N) is 1. The molecule has 0 aliphatic rings. The minimum absolute atomic E-state index is 0.479. The molecule has 0 bridgehead atoms. The smallest absolute Gasteiger partial charge is 0.106 e. The Morgan fingerprint density at radius 1 is 1.00 bits per heavy atom. The van der Waals surface area contributed by atoms with Crippen molar-refractivity contribution in [3.8, 4) is 0 Å². The van der Waals surface area contributed by atoms with E-state index in [4.69, 9.17) is 17.3 Å². The van der Waals surface area contributed by atoms with Crippen molar-refractivity contribution in [2.45, 2.75) is 25.9 Å². The number of rotatable bonds is 3. The minimum Gasteiger partial charge on any atom is -0.398 e. The van der Waals surface area contributed by atoms with Gasteiger partial charge in [0.1, 0.15) is 6.10 Å². The van der Waals surface area contributed by atoms with Gasteiger partial charge in [0.25, 0.3) is 0 Å². The van der Waals surface area contributed by atoms with E-state index in [9.17, 15) is 5.11 Å². The Hall–Kier alpha value is -1.51. The molecule has 0 fully saturated rings. The monoisotopic (exact) mass is 275 g/mol. The van der Waals surface area contributed by atoms with Gasteiger partial charge in [-0.2, -0.15) is 0 Å². The van der Waals surface area contributed by atoms with E-state index in [1.807, 2.05) is 24.3 Å². The zero-order chi connectivity index (χ0) is 14.0. The first-order valence-corrected chi connectivity index (χ1v) is 6.69. The van der Waals surface area contributed by atoms with Gasteiger partial charge in [0.15, 0.2) is 0 Å². The first-order chi connectivity index (χ1) is 8.99. The molecule has 0 aliphatic heterocycles. The third-order valence-electron chi connectivity index (χ3n) is 3.26. The van der Waals surface area contributed by atoms with Crippen molar-refractivity contribution in [1.29, 1.82) is 0 Å². The van der Waals surface area contributed by atoms with Crippen molar-refractivity contribution in [3.05, 3.63) is 64.2 Å². The molecule has 2 aromatic carbocycles. The van der Waals surface area contributed by atoms with Crippen molar-refractivity contribution < 1.29 is 5.11 Å². The molecule has 0 amide bonds. The molecule has 0 aromatic heterocycles. The Balaban J connectivity index is 2.30. The predicted molar refractivity (Wildman–Crippen MR) is 80.5 cm³/mol. The highest BCUT2D eigenvalue weighted by atomic mass is 35.5. The fraction of sp³-hybridized carbons (Fsp3) is 0.250. The molecule has 1 atom stereocenters. The fourth-order valence-corrected chi connectivity index (χ4v) is 2.22. The Morgan fingerprint density at radius 2 is 1.58 bits per heavy atom. The summed E-state index contributed by atoms with van der Waals surface area (Å²) in [5.74, 6) is 0.479. The standard InChI is InChI=1S/C16H18ClNO/c1-10(2)11-3-5-12(6-4-11)16(19)14-8-7-13(17)9-15(14)18/h3-10,16,19H,18H2,1-2H3. The van der Waals surface area contributed by atoms with Gasteiger partial charge in [-0.15, -0.1) is 0 Å². The largest absolute Gasteiger partial charge is 0.398 e. The van der Waals surface area contributed by atoms with Crippen molar-refractivity contribution in [2.75, 3.05) is 5.73 Å². The van der Waals surface area contributed by atoms with E-state index in [0.29, 0.717) is 22.2 Å². The Morgan fingerprint density at radius 3 is 2.11 bits per heavy atom. The Kier molecular flexibility index (Phi) is 4.13. The molecule has 0 saturated carbocycles. The summed E-state index contributed by atoms with van der Waals surface area (Å²) in [4.78, 5) is 0. The van der Waals surface area contributed by atoms with E-state index in [1.54, 1.807) is 18.2 Å². The number of hydrogen-bond donors (Lipinski definition) is 2. The van der Waals surface area contributed by atoms with Crippen LogP contribution in [-0.2, 0) is 0 Å². The van der Waals surface area contributed by atoms with Gasteiger partial charge in [-0.25, -0.2) is 0 Å². The maximum absolute atomic E-state index is 10.4. The molecule has 100 valence electrons. The van der Waals surface area contributed by atoms with Crippen LogP contribution in [0.5, 0.6) is 0 Å². The molecule has 2 aromatic rings. The number of nitrogen functional groups attached to an aromatic ring is 1. The second-order valence-corrected chi connectivity index (χ2v) is 5.43. The highest BCUT2D eigenvalue weighted by molar-refractivity contribution is 6.30. The van der Waals surface area contributed by atoms with E-state index < -0.39 is 6.10 Å². The number of aliphatic hydroxyl groups is 1. The molecule has 0 saturated heterocycles. The zero-order valence-electron chi connectivity index (χ0n) is 11.1. The molecular weight excluding hydrogens is 258 g/mol. The summed E-state index contributed by atoms with van der Waals surface area (Å²) in [6.45, 7) is 4.28. The second kappa shape index (κ2) is 5.64. The molecule has 0 spiro atoms. The van der Waals surface area contributed by atoms with E-state index in [-0.39, 0.29) is 0 Å². The van der Waals surface area contributed by atoms with E-state index in [0.717, 1.165) is 5.56 Å². The lowest BCUT2D eigenvalue weighted by molar-refractivity contribution is 0.221. The lowest BCUT2D eigenvalue weighted by Crippen LogP contribution is -2.04. The van der Waals surface area contributed by atoms with Crippen LogP contribution >= 0.6 is 11.6 Å². The van der Waals surface area contributed by atoms with E-state index in [2.05, 4.69) is 13.8 Å². The fourth-order valence-electron chi connectivity index (χ4n) is 2.04. The summed E-state index contributed by atoms with van der Waals surface area (Å²) >= 11 is 5.86. The molecule has 0 radical (unpaired) electrons. The van der Waals surface area contributed by atoms with Crippen LogP contribution in [0.25, 0.3) is 0 Å². The van der Waals surface area contributed by atoms with Crippen molar-refractivity contribution >= 4 is 17.3 Å². The summed E-state index contributed by atoms with van der Waals surface area (Å²) in [6.07, 6.45) is -0.724. The molecule has 1 unspecified atom stereocenters. The van der Waals surface area contributed by atoms with Gasteiger partial charge in [0.05, 0.1) is 0 Å². The normalized spacial score (nSPS) is 12.7. The lowest BCUT2D eigenvalue weighted by Gasteiger charge is -2.15. The molecule has 0 aliphatic carbocycles. The summed E-state index contributed by atoms with van der Waals surface area (Å²) in [5.41, 5.74) is 9.16. The highest BCUT2D eigenvalue weighted by Gasteiger charge is 2.13. The lowest BCUT2D eigenvalue weighted by atomic mass is 9.96. The first-order valence-electron chi connectivity index (χ1n) is 6.32. The summed E-state index contributed by atoms with van der Waals surface area (Å²) in [6, 6.07) is 13.1. The third kappa shape index (κ3) is 3.09. The average molecular weight is 276 g/mol. The van der Waals surface area contributed by atoms with Crippen LogP contribution in [0.2, 0.25) is 5.02 Å². The van der Waals surface area contributed by atoms with Gasteiger partial charge in [-0.1, -0.05) is 55.8 Å². The van der Waals surface area contributed by atoms with Crippen LogP contribution in [0, 0.1) is 0 Å². The summed E-state index contributed by atoms with van der Waals surface area (Å²) < 4.78 is 0. The number of benzene rings is 2. The Bertz CT molecular complexity index is 563. The number of aliphatic hydroxyl groups excluding tert-OH is 1. The van der Waals surface area contributed by atoms with Gasteiger partial charge in [0.2, 0.25) is 0 Å². The van der Waals surface area contributed by atoms with Crippen LogP contribution in [-0.4, -0.2) is 5.11 Å². The van der Waals surface area contributed by atoms with E-state index in [1.165, 1.54) is 5.56 Å². The topological polar surface area (TPSA) is 46.2 Å². The van der Waals surface area contributed by atoms with Crippen LogP contribution in [0.15, 0.2) is 42.5 Å². The SMILES string of the molecule is CC(C)c1ccc(C(O)c2ccc(Cl)cc2N)cc1. The summed E-state index contributed by atoms with van der Waals surface area (Å²) in [5, 5.41) is 10.9. The van der Waals surface area contributed by atoms with E-state index >= 15 is 0 Å². The third-order valence-corrected chi connectivity index (χ3v) is 3.50.